The number of hydrogen-bond donors (Lipinski definition) is 1. The molecule has 82 valence electrons. The topological polar surface area (TPSA) is 20.2 Å². The summed E-state index contributed by atoms with van der Waals surface area (Å²) in [5.41, 5.74) is 0.954. The summed E-state index contributed by atoms with van der Waals surface area (Å²) in [6, 6.07) is 14.6. The van der Waals surface area contributed by atoms with Crippen molar-refractivity contribution in [1.82, 2.24) is 0 Å². The van der Waals surface area contributed by atoms with E-state index in [2.05, 4.69) is 48.2 Å². The lowest BCUT2D eigenvalue weighted by Crippen LogP contribution is -1.76. The second-order valence-corrected chi connectivity index (χ2v) is 4.85. The van der Waals surface area contributed by atoms with E-state index in [1.54, 1.807) is 11.3 Å². The second kappa shape index (κ2) is 4.21. The van der Waals surface area contributed by atoms with Crippen LogP contribution in [0.3, 0.4) is 0 Å². The molecular formula is C15H10OS. The Bertz CT molecular complexity index is 744. The van der Waals surface area contributed by atoms with Gasteiger partial charge in [-0.05, 0) is 24.3 Å². The van der Waals surface area contributed by atoms with Crippen molar-refractivity contribution in [3.8, 4) is 11.8 Å². The van der Waals surface area contributed by atoms with E-state index >= 15 is 0 Å². The molecular weight excluding hydrogens is 228 g/mol. The molecule has 3 rings (SSSR count). The first-order chi connectivity index (χ1) is 8.38. The molecule has 1 nitrogen and oxygen atoms in total. The predicted octanol–water partition coefficient (Wildman–Crippen LogP) is 3.40. The van der Waals surface area contributed by atoms with Crippen LogP contribution >= 0.6 is 11.3 Å². The molecule has 0 aliphatic carbocycles. The lowest BCUT2D eigenvalue weighted by atomic mass is 10.1. The van der Waals surface area contributed by atoms with Crippen LogP contribution in [0.15, 0.2) is 42.5 Å². The smallest absolute Gasteiger partial charge is 0.104 e. The van der Waals surface area contributed by atoms with Crippen molar-refractivity contribution < 1.29 is 5.11 Å². The first kappa shape index (κ1) is 10.3. The maximum atomic E-state index is 8.70. The van der Waals surface area contributed by atoms with Crippen LogP contribution in [-0.4, -0.2) is 11.7 Å². The van der Waals surface area contributed by atoms with Gasteiger partial charge >= 0.3 is 0 Å². The van der Waals surface area contributed by atoms with Gasteiger partial charge in [-0.1, -0.05) is 30.0 Å². The summed E-state index contributed by atoms with van der Waals surface area (Å²) in [7, 11) is 0. The average molecular weight is 238 g/mol. The van der Waals surface area contributed by atoms with Crippen LogP contribution in [0.2, 0.25) is 0 Å². The molecule has 1 aromatic heterocycles. The Labute approximate surface area is 103 Å². The van der Waals surface area contributed by atoms with E-state index in [1.807, 2.05) is 6.07 Å². The number of aliphatic hydroxyl groups excluding tert-OH is 1. The molecule has 0 aliphatic heterocycles. The normalized spacial score (nSPS) is 10.4. The zero-order valence-corrected chi connectivity index (χ0v) is 9.92. The Morgan fingerprint density at radius 3 is 2.71 bits per heavy atom. The zero-order chi connectivity index (χ0) is 11.7. The Balaban J connectivity index is 2.30. The van der Waals surface area contributed by atoms with Gasteiger partial charge in [0.05, 0.1) is 0 Å². The Kier molecular flexibility index (Phi) is 2.56. The maximum Gasteiger partial charge on any atom is 0.104 e. The molecule has 0 spiro atoms. The number of fused-ring (bicyclic) bond motifs is 3. The lowest BCUT2D eigenvalue weighted by Gasteiger charge is -1.93. The molecule has 0 amide bonds. The standard InChI is InChI=1S/C15H10OS/c16-9-3-4-11-7-8-15-13(10-11)12-5-1-2-6-14(12)17-15/h1-2,5-8,10,16H,9H2. The predicted molar refractivity (Wildman–Crippen MR) is 73.3 cm³/mol. The Hall–Kier alpha value is -1.82. The van der Waals surface area contributed by atoms with Gasteiger partial charge in [0, 0.05) is 25.7 Å². The molecule has 17 heavy (non-hydrogen) atoms. The molecule has 0 atom stereocenters. The monoisotopic (exact) mass is 238 g/mol. The molecule has 1 heterocycles. The molecule has 2 heteroatoms. The van der Waals surface area contributed by atoms with E-state index in [9.17, 15) is 0 Å². The average Bonchev–Trinajstić information content (AvgIpc) is 2.74. The molecule has 3 aromatic rings. The number of rotatable bonds is 0. The summed E-state index contributed by atoms with van der Waals surface area (Å²) in [4.78, 5) is 0. The molecule has 0 saturated heterocycles. The fourth-order valence-corrected chi connectivity index (χ4v) is 3.03. The minimum Gasteiger partial charge on any atom is -0.384 e. The fraction of sp³-hybridized carbons (Fsp3) is 0.0667. The highest BCUT2D eigenvalue weighted by atomic mass is 32.1. The van der Waals surface area contributed by atoms with Gasteiger partial charge in [-0.15, -0.1) is 11.3 Å². The van der Waals surface area contributed by atoms with E-state index in [1.165, 1.54) is 20.2 Å². The molecule has 2 aromatic carbocycles. The lowest BCUT2D eigenvalue weighted by molar-refractivity contribution is 0.350. The molecule has 0 unspecified atom stereocenters. The summed E-state index contributed by atoms with van der Waals surface area (Å²) in [5, 5.41) is 11.2. The van der Waals surface area contributed by atoms with Crippen LogP contribution in [0.5, 0.6) is 0 Å². The van der Waals surface area contributed by atoms with Crippen molar-refractivity contribution in [3.63, 3.8) is 0 Å². The summed E-state index contributed by atoms with van der Waals surface area (Å²) in [5.74, 6) is 5.62. The van der Waals surface area contributed by atoms with Crippen LogP contribution in [0.25, 0.3) is 20.2 Å². The molecule has 0 fully saturated rings. The van der Waals surface area contributed by atoms with Crippen molar-refractivity contribution >= 4 is 31.5 Å². The van der Waals surface area contributed by atoms with Crippen molar-refractivity contribution in [2.75, 3.05) is 6.61 Å². The van der Waals surface area contributed by atoms with Gasteiger partial charge in [0.15, 0.2) is 0 Å². The van der Waals surface area contributed by atoms with Gasteiger partial charge in [0.1, 0.15) is 6.61 Å². The number of aliphatic hydroxyl groups is 1. The highest BCUT2D eigenvalue weighted by Gasteiger charge is 2.03. The van der Waals surface area contributed by atoms with Crippen molar-refractivity contribution in [2.45, 2.75) is 0 Å². The highest BCUT2D eigenvalue weighted by Crippen LogP contribution is 2.33. The molecule has 0 radical (unpaired) electrons. The molecule has 0 bridgehead atoms. The molecule has 0 saturated carbocycles. The minimum absolute atomic E-state index is 0.0948. The first-order valence-electron chi connectivity index (χ1n) is 5.39. The number of benzene rings is 2. The van der Waals surface area contributed by atoms with Crippen molar-refractivity contribution in [2.24, 2.45) is 0 Å². The van der Waals surface area contributed by atoms with Crippen LogP contribution in [0, 0.1) is 11.8 Å². The third kappa shape index (κ3) is 1.80. The quantitative estimate of drug-likeness (QED) is 0.595. The van der Waals surface area contributed by atoms with Gasteiger partial charge < -0.3 is 5.11 Å². The maximum absolute atomic E-state index is 8.70. The number of hydrogen-bond acceptors (Lipinski definition) is 2. The van der Waals surface area contributed by atoms with Gasteiger partial charge in [-0.3, -0.25) is 0 Å². The minimum atomic E-state index is -0.0948. The SMILES string of the molecule is OCC#Cc1ccc2sc3ccccc3c2c1. The summed E-state index contributed by atoms with van der Waals surface area (Å²) >= 11 is 1.80. The molecule has 0 aliphatic rings. The Morgan fingerprint density at radius 2 is 1.82 bits per heavy atom. The second-order valence-electron chi connectivity index (χ2n) is 3.77. The molecule has 1 N–H and O–H groups in total. The fourth-order valence-electron chi connectivity index (χ4n) is 1.95. The van der Waals surface area contributed by atoms with E-state index in [0.717, 1.165) is 5.56 Å². The first-order valence-corrected chi connectivity index (χ1v) is 6.21. The van der Waals surface area contributed by atoms with Crippen LogP contribution in [-0.2, 0) is 0 Å². The zero-order valence-electron chi connectivity index (χ0n) is 9.10. The van der Waals surface area contributed by atoms with Crippen molar-refractivity contribution in [1.29, 1.82) is 0 Å². The summed E-state index contributed by atoms with van der Waals surface area (Å²) in [6.07, 6.45) is 0. The third-order valence-corrected chi connectivity index (χ3v) is 3.84. The Morgan fingerprint density at radius 1 is 1.00 bits per heavy atom. The van der Waals surface area contributed by atoms with Gasteiger partial charge in [0.25, 0.3) is 0 Å². The van der Waals surface area contributed by atoms with Gasteiger partial charge in [0.2, 0.25) is 0 Å². The van der Waals surface area contributed by atoms with E-state index in [0.29, 0.717) is 0 Å². The number of thiophene rings is 1. The van der Waals surface area contributed by atoms with Crippen LogP contribution in [0.1, 0.15) is 5.56 Å². The third-order valence-electron chi connectivity index (χ3n) is 2.69. The summed E-state index contributed by atoms with van der Waals surface area (Å²) < 4.78 is 2.58. The van der Waals surface area contributed by atoms with Crippen LogP contribution < -0.4 is 0 Å². The van der Waals surface area contributed by atoms with E-state index in [4.69, 9.17) is 5.11 Å². The van der Waals surface area contributed by atoms with Gasteiger partial charge in [-0.2, -0.15) is 0 Å². The van der Waals surface area contributed by atoms with Crippen molar-refractivity contribution in [3.05, 3.63) is 48.0 Å². The van der Waals surface area contributed by atoms with Gasteiger partial charge in [-0.25, -0.2) is 0 Å². The van der Waals surface area contributed by atoms with Crippen LogP contribution in [0.4, 0.5) is 0 Å². The summed E-state index contributed by atoms with van der Waals surface area (Å²) in [6.45, 7) is -0.0948. The highest BCUT2D eigenvalue weighted by molar-refractivity contribution is 7.25. The largest absolute Gasteiger partial charge is 0.384 e. The van der Waals surface area contributed by atoms with E-state index in [-0.39, 0.29) is 6.61 Å². The van der Waals surface area contributed by atoms with E-state index < -0.39 is 0 Å².